The largest absolute Gasteiger partial charge is 0.462 e. The third-order valence-electron chi connectivity index (χ3n) is 5.26. The van der Waals surface area contributed by atoms with Gasteiger partial charge in [-0.2, -0.15) is 5.09 Å². The zero-order valence-corrected chi connectivity index (χ0v) is 21.0. The molecule has 1 fully saturated rings. The predicted molar refractivity (Wildman–Crippen MR) is 125 cm³/mol. The van der Waals surface area contributed by atoms with Crippen molar-refractivity contribution in [3.63, 3.8) is 0 Å². The van der Waals surface area contributed by atoms with Crippen LogP contribution in [0.5, 0.6) is 5.75 Å². The molecule has 1 aliphatic rings. The van der Waals surface area contributed by atoms with Crippen molar-refractivity contribution in [2.45, 2.75) is 63.9 Å². The van der Waals surface area contributed by atoms with Gasteiger partial charge >= 0.3 is 19.4 Å². The molecule has 1 aliphatic heterocycles. The lowest BCUT2D eigenvalue weighted by atomic mass is 9.98. The maximum Gasteiger partial charge on any atom is 0.459 e. The number of hydrogen-bond acceptors (Lipinski definition) is 9. The van der Waals surface area contributed by atoms with Crippen LogP contribution in [0.25, 0.3) is 0 Å². The summed E-state index contributed by atoms with van der Waals surface area (Å²) in [7, 11) is -4.30. The number of rotatable bonds is 10. The predicted octanol–water partition coefficient (Wildman–Crippen LogP) is 1.66. The van der Waals surface area contributed by atoms with Crippen LogP contribution in [0.3, 0.4) is 0 Å². The number of aromatic nitrogens is 2. The smallest absolute Gasteiger partial charge is 0.459 e. The summed E-state index contributed by atoms with van der Waals surface area (Å²) in [6.07, 6.45) is -4.21. The number of H-pyrrole nitrogens is 1. The summed E-state index contributed by atoms with van der Waals surface area (Å²) in [6, 6.07) is 7.86. The van der Waals surface area contributed by atoms with E-state index in [1.54, 1.807) is 32.0 Å². The monoisotopic (exact) mass is 529 g/mol. The number of halogens is 1. The Bertz CT molecular complexity index is 1220. The molecule has 1 aromatic heterocycles. The number of carbonyl (C=O) groups excluding carboxylic acids is 1. The number of aliphatic hydroxyl groups excluding tert-OH is 1. The molecule has 3 rings (SSSR count). The molecule has 198 valence electrons. The van der Waals surface area contributed by atoms with Crippen molar-refractivity contribution in [1.29, 1.82) is 0 Å². The van der Waals surface area contributed by atoms with Gasteiger partial charge in [0.15, 0.2) is 11.9 Å². The van der Waals surface area contributed by atoms with Crippen molar-refractivity contribution in [3.05, 3.63) is 63.4 Å². The molecule has 2 heterocycles. The first kappa shape index (κ1) is 27.8. The molecule has 0 aliphatic carbocycles. The van der Waals surface area contributed by atoms with Crippen molar-refractivity contribution < 1.29 is 37.4 Å². The van der Waals surface area contributed by atoms with Crippen molar-refractivity contribution in [2.75, 3.05) is 6.61 Å². The number of aromatic amines is 1. The fourth-order valence-electron chi connectivity index (χ4n) is 3.47. The molecule has 0 radical (unpaired) electrons. The summed E-state index contributed by atoms with van der Waals surface area (Å²) in [5.41, 5.74) is -4.12. The highest BCUT2D eigenvalue weighted by Crippen LogP contribution is 2.47. The number of carbonyl (C=O) groups is 1. The maximum absolute atomic E-state index is 15.4. The van der Waals surface area contributed by atoms with E-state index in [1.165, 1.54) is 19.1 Å². The lowest BCUT2D eigenvalue weighted by Crippen LogP contribution is -2.43. The molecular weight excluding hydrogens is 500 g/mol. The number of alkyl halides is 1. The van der Waals surface area contributed by atoms with Crippen molar-refractivity contribution in [2.24, 2.45) is 0 Å². The Hall–Kier alpha value is -2.83. The van der Waals surface area contributed by atoms with Crippen LogP contribution < -0.4 is 20.9 Å². The summed E-state index contributed by atoms with van der Waals surface area (Å²) in [6.45, 7) is 5.07. The minimum atomic E-state index is -4.30. The van der Waals surface area contributed by atoms with Gasteiger partial charge in [-0.1, -0.05) is 18.2 Å². The van der Waals surface area contributed by atoms with E-state index in [1.807, 2.05) is 4.98 Å². The van der Waals surface area contributed by atoms with E-state index in [-0.39, 0.29) is 5.75 Å². The number of nitrogens with one attached hydrogen (secondary N) is 2. The molecule has 0 bridgehead atoms. The third kappa shape index (κ3) is 6.48. The van der Waals surface area contributed by atoms with Crippen molar-refractivity contribution in [1.82, 2.24) is 14.6 Å². The highest BCUT2D eigenvalue weighted by Gasteiger charge is 2.55. The van der Waals surface area contributed by atoms with Gasteiger partial charge < -0.3 is 19.1 Å². The molecule has 1 saturated heterocycles. The van der Waals surface area contributed by atoms with E-state index in [9.17, 15) is 24.1 Å². The van der Waals surface area contributed by atoms with E-state index in [0.29, 0.717) is 0 Å². The Balaban J connectivity index is 1.80. The summed E-state index contributed by atoms with van der Waals surface area (Å²) < 4.78 is 51.4. The molecule has 14 heteroatoms. The first-order chi connectivity index (χ1) is 16.8. The molecule has 1 aromatic carbocycles. The fraction of sp³-hybridized carbons (Fsp3) is 0.500. The standard InChI is InChI=1S/C22H29FN3O9P/c1-13(2)33-19(29)14(3)25-36(31,35-15-8-6-5-7-9-15)32-12-16-18(28)22(4,23)20(34-16)26-11-10-17(27)24-21(26)30/h5-11,13-14,16,18,20,28H,12H2,1-4H3,(H,25,31)(H,24,27,30)/t14-,16?,18+,20+,22+,36-/m0/s1. The average molecular weight is 529 g/mol. The van der Waals surface area contributed by atoms with Crippen LogP contribution in [-0.2, 0) is 23.4 Å². The number of ether oxygens (including phenoxy) is 2. The molecule has 12 nitrogen and oxygen atoms in total. The number of hydrogen-bond donors (Lipinski definition) is 3. The van der Waals surface area contributed by atoms with Crippen LogP contribution in [0, 0.1) is 0 Å². The van der Waals surface area contributed by atoms with E-state index in [0.717, 1.165) is 23.8 Å². The molecule has 6 atom stereocenters. The number of benzene rings is 1. The fourth-order valence-corrected chi connectivity index (χ4v) is 4.97. The highest BCUT2D eigenvalue weighted by atomic mass is 31.2. The van der Waals surface area contributed by atoms with Gasteiger partial charge in [0.2, 0.25) is 0 Å². The van der Waals surface area contributed by atoms with E-state index >= 15 is 4.39 Å². The van der Waals surface area contributed by atoms with Crippen LogP contribution in [-0.4, -0.2) is 57.3 Å². The number of nitrogens with zero attached hydrogens (tertiary/aromatic N) is 1. The molecule has 3 N–H and O–H groups in total. The van der Waals surface area contributed by atoms with Gasteiger partial charge in [-0.05, 0) is 39.8 Å². The van der Waals surface area contributed by atoms with Gasteiger partial charge in [-0.3, -0.25) is 23.7 Å². The third-order valence-corrected chi connectivity index (χ3v) is 6.90. The van der Waals surface area contributed by atoms with Crippen LogP contribution in [0.4, 0.5) is 4.39 Å². The number of para-hydroxylation sites is 1. The minimum Gasteiger partial charge on any atom is -0.462 e. The van der Waals surface area contributed by atoms with Gasteiger partial charge in [0.25, 0.3) is 5.56 Å². The Morgan fingerprint density at radius 2 is 1.94 bits per heavy atom. The Labute approximate surface area is 205 Å². The average Bonchev–Trinajstić information content (AvgIpc) is 3.01. The van der Waals surface area contributed by atoms with E-state index < -0.39 is 67.8 Å². The Morgan fingerprint density at radius 1 is 1.28 bits per heavy atom. The summed E-state index contributed by atoms with van der Waals surface area (Å²) >= 11 is 0. The van der Waals surface area contributed by atoms with Gasteiger partial charge in [0.05, 0.1) is 12.7 Å². The van der Waals surface area contributed by atoms with Crippen LogP contribution >= 0.6 is 7.75 Å². The van der Waals surface area contributed by atoms with Crippen molar-refractivity contribution in [3.8, 4) is 5.75 Å². The Morgan fingerprint density at radius 3 is 2.56 bits per heavy atom. The Kier molecular flexibility index (Phi) is 8.52. The van der Waals surface area contributed by atoms with Gasteiger partial charge in [-0.25, -0.2) is 13.8 Å². The number of aliphatic hydroxyl groups is 1. The molecule has 0 spiro atoms. The second-order valence-corrected chi connectivity index (χ2v) is 10.4. The SMILES string of the molecule is CC(C)OC(=O)[C@H](C)N[P@](=O)(OCC1O[C@@H](n2ccc(=O)[nH]c2=O)[C@](C)(F)[C@@H]1O)Oc1ccccc1. The van der Waals surface area contributed by atoms with Gasteiger partial charge in [-0.15, -0.1) is 0 Å². The van der Waals surface area contributed by atoms with Crippen LogP contribution in [0.1, 0.15) is 33.9 Å². The topological polar surface area (TPSA) is 158 Å². The second kappa shape index (κ2) is 11.1. The number of esters is 1. The molecule has 2 aromatic rings. The molecule has 0 saturated carbocycles. The van der Waals surface area contributed by atoms with Gasteiger partial charge in [0.1, 0.15) is 24.0 Å². The lowest BCUT2D eigenvalue weighted by molar-refractivity contribution is -0.149. The quantitative estimate of drug-likeness (QED) is 0.305. The molecule has 1 unspecified atom stereocenters. The maximum atomic E-state index is 15.4. The molecule has 36 heavy (non-hydrogen) atoms. The highest BCUT2D eigenvalue weighted by molar-refractivity contribution is 7.52. The summed E-state index contributed by atoms with van der Waals surface area (Å²) in [5, 5.41) is 13.0. The molecular formula is C22H29FN3O9P. The van der Waals surface area contributed by atoms with E-state index in [4.69, 9.17) is 18.5 Å². The van der Waals surface area contributed by atoms with Crippen LogP contribution in [0.2, 0.25) is 0 Å². The zero-order valence-electron chi connectivity index (χ0n) is 20.1. The van der Waals surface area contributed by atoms with Crippen LogP contribution in [0.15, 0.2) is 52.2 Å². The summed E-state index contributed by atoms with van der Waals surface area (Å²) in [4.78, 5) is 37.7. The summed E-state index contributed by atoms with van der Waals surface area (Å²) in [5.74, 6) is -0.560. The first-order valence-corrected chi connectivity index (χ1v) is 12.7. The normalized spacial score (nSPS) is 26.4. The molecule has 0 amide bonds. The first-order valence-electron chi connectivity index (χ1n) is 11.1. The zero-order chi connectivity index (χ0) is 26.7. The second-order valence-electron chi connectivity index (χ2n) is 8.67. The van der Waals surface area contributed by atoms with Crippen molar-refractivity contribution >= 4 is 13.7 Å². The van der Waals surface area contributed by atoms with Gasteiger partial charge in [0, 0.05) is 12.3 Å². The van der Waals surface area contributed by atoms with E-state index in [2.05, 4.69) is 5.09 Å². The minimum absolute atomic E-state index is 0.152. The lowest BCUT2D eigenvalue weighted by Gasteiger charge is -2.25.